The van der Waals surface area contributed by atoms with Gasteiger partial charge in [-0.3, -0.25) is 4.79 Å². The molecule has 0 saturated heterocycles. The van der Waals surface area contributed by atoms with Crippen molar-refractivity contribution >= 4 is 5.91 Å². The van der Waals surface area contributed by atoms with Crippen molar-refractivity contribution in [3.63, 3.8) is 0 Å². The van der Waals surface area contributed by atoms with Crippen LogP contribution in [0.3, 0.4) is 0 Å². The molecule has 2 aromatic heterocycles. The lowest BCUT2D eigenvalue weighted by atomic mass is 9.51. The molecule has 156 valence electrons. The van der Waals surface area contributed by atoms with Gasteiger partial charge in [0.25, 0.3) is 5.91 Å². The maximum Gasteiger partial charge on any atom is 0.272 e. The molecule has 6 atom stereocenters. The largest absolute Gasteiger partial charge is 0.619 e. The van der Waals surface area contributed by atoms with Crippen molar-refractivity contribution < 1.29 is 13.9 Å². The number of aromatic nitrogens is 4. The van der Waals surface area contributed by atoms with Crippen molar-refractivity contribution in [3.05, 3.63) is 40.7 Å². The molecule has 5 fully saturated rings. The van der Waals surface area contributed by atoms with E-state index in [9.17, 15) is 10.0 Å². The second-order valence-corrected chi connectivity index (χ2v) is 10.6. The fourth-order valence-electron chi connectivity index (χ4n) is 7.54. The second-order valence-electron chi connectivity index (χ2n) is 10.6. The number of halogens is 1. The zero-order valence-electron chi connectivity index (χ0n) is 16.7. The first-order valence-corrected chi connectivity index (χ1v) is 11.1. The van der Waals surface area contributed by atoms with Gasteiger partial charge in [-0.1, -0.05) is 0 Å². The molecule has 6 aliphatic rings. The fraction of sp³-hybridized carbons (Fsp3) is 0.636. The maximum absolute atomic E-state index is 15.3. The van der Waals surface area contributed by atoms with Crippen LogP contribution in [-0.4, -0.2) is 31.9 Å². The SMILES string of the molecule is O=C(NC12CC3C[C@H](CC(F)(C3)C1)C2)c1nn(-c2c[n+]([O-])ccn2)c2c1C[C@@H]1C[C@H]21. The van der Waals surface area contributed by atoms with E-state index in [1.54, 1.807) is 4.68 Å². The summed E-state index contributed by atoms with van der Waals surface area (Å²) >= 11 is 0. The van der Waals surface area contributed by atoms with E-state index in [0.29, 0.717) is 59.2 Å². The summed E-state index contributed by atoms with van der Waals surface area (Å²) in [5, 5.41) is 19.7. The first-order valence-electron chi connectivity index (χ1n) is 11.1. The Labute approximate surface area is 173 Å². The lowest BCUT2D eigenvalue weighted by Gasteiger charge is -2.59. The van der Waals surface area contributed by atoms with Crippen LogP contribution in [0.15, 0.2) is 18.6 Å². The fourth-order valence-corrected chi connectivity index (χ4v) is 7.54. The first kappa shape index (κ1) is 17.2. The summed E-state index contributed by atoms with van der Waals surface area (Å²) in [6.45, 7) is 0. The highest BCUT2D eigenvalue weighted by Gasteiger charge is 2.59. The molecule has 5 saturated carbocycles. The number of fused-ring (bicyclic) bond motifs is 3. The van der Waals surface area contributed by atoms with Crippen LogP contribution in [0, 0.1) is 23.0 Å². The van der Waals surface area contributed by atoms with Crippen molar-refractivity contribution in [2.24, 2.45) is 17.8 Å². The molecule has 2 aromatic rings. The van der Waals surface area contributed by atoms with Crippen LogP contribution in [0.25, 0.3) is 5.82 Å². The van der Waals surface area contributed by atoms with Crippen molar-refractivity contribution in [1.29, 1.82) is 0 Å². The topological polar surface area (TPSA) is 86.8 Å². The van der Waals surface area contributed by atoms with Crippen LogP contribution in [0.4, 0.5) is 4.39 Å². The van der Waals surface area contributed by atoms with Crippen LogP contribution >= 0.6 is 0 Å². The van der Waals surface area contributed by atoms with Gasteiger partial charge in [0.15, 0.2) is 11.9 Å². The van der Waals surface area contributed by atoms with Crippen molar-refractivity contribution in [1.82, 2.24) is 20.1 Å². The van der Waals surface area contributed by atoms with Gasteiger partial charge in [-0.25, -0.2) is 14.1 Å². The molecule has 1 amide bonds. The number of nitrogens with one attached hydrogen (secondary N) is 1. The van der Waals surface area contributed by atoms with Gasteiger partial charge in [-0.2, -0.15) is 9.83 Å². The third kappa shape index (κ3) is 2.36. The number of hydrogen-bond donors (Lipinski definition) is 1. The third-order valence-corrected chi connectivity index (χ3v) is 8.23. The van der Waals surface area contributed by atoms with Crippen LogP contribution in [0.5, 0.6) is 0 Å². The van der Waals surface area contributed by atoms with Gasteiger partial charge in [-0.05, 0) is 62.7 Å². The second kappa shape index (κ2) is 5.39. The van der Waals surface area contributed by atoms with Gasteiger partial charge < -0.3 is 10.5 Å². The maximum atomic E-state index is 15.3. The van der Waals surface area contributed by atoms with E-state index < -0.39 is 11.2 Å². The average Bonchev–Trinajstić information content (AvgIpc) is 3.14. The molecule has 0 aromatic carbocycles. The zero-order chi connectivity index (χ0) is 20.3. The lowest BCUT2D eigenvalue weighted by Crippen LogP contribution is -2.64. The number of amides is 1. The molecule has 8 rings (SSSR count). The van der Waals surface area contributed by atoms with Gasteiger partial charge in [0.2, 0.25) is 12.0 Å². The number of nitrogens with zero attached hydrogens (tertiary/aromatic N) is 4. The molecule has 2 heterocycles. The minimum absolute atomic E-state index is 0.192. The van der Waals surface area contributed by atoms with Gasteiger partial charge in [0.1, 0.15) is 5.67 Å². The number of carbonyl (C=O) groups excluding carboxylic acids is 1. The molecule has 7 nitrogen and oxygen atoms in total. The van der Waals surface area contributed by atoms with Crippen LogP contribution in [-0.2, 0) is 6.42 Å². The van der Waals surface area contributed by atoms with Crippen molar-refractivity contribution in [3.8, 4) is 5.82 Å². The Morgan fingerprint density at radius 1 is 1.27 bits per heavy atom. The summed E-state index contributed by atoms with van der Waals surface area (Å²) < 4.78 is 17.7. The van der Waals surface area contributed by atoms with E-state index >= 15 is 4.39 Å². The molecule has 0 radical (unpaired) electrons. The predicted octanol–water partition coefficient (Wildman–Crippen LogP) is 2.35. The minimum atomic E-state index is -1.12. The Kier molecular flexibility index (Phi) is 3.09. The Hall–Kier alpha value is -2.51. The average molecular weight is 409 g/mol. The Balaban J connectivity index is 1.25. The molecular formula is C22H24FN5O2. The van der Waals surface area contributed by atoms with Gasteiger partial charge in [0.05, 0.1) is 11.9 Å². The lowest BCUT2D eigenvalue weighted by molar-refractivity contribution is -0.605. The molecule has 1 N–H and O–H groups in total. The molecule has 4 bridgehead atoms. The van der Waals surface area contributed by atoms with Gasteiger partial charge >= 0.3 is 0 Å². The van der Waals surface area contributed by atoms with E-state index in [4.69, 9.17) is 0 Å². The monoisotopic (exact) mass is 409 g/mol. The Morgan fingerprint density at radius 2 is 2.07 bits per heavy atom. The summed E-state index contributed by atoms with van der Waals surface area (Å²) in [7, 11) is 0. The van der Waals surface area contributed by atoms with E-state index in [0.717, 1.165) is 43.4 Å². The first-order chi connectivity index (χ1) is 14.4. The quantitative estimate of drug-likeness (QED) is 0.623. The Bertz CT molecular complexity index is 1080. The van der Waals surface area contributed by atoms with Gasteiger partial charge in [-0.15, -0.1) is 0 Å². The van der Waals surface area contributed by atoms with Crippen molar-refractivity contribution in [2.75, 3.05) is 0 Å². The summed E-state index contributed by atoms with van der Waals surface area (Å²) in [6, 6.07) is 0. The van der Waals surface area contributed by atoms with Gasteiger partial charge in [0, 0.05) is 23.4 Å². The molecule has 0 spiro atoms. The summed E-state index contributed by atoms with van der Waals surface area (Å²) in [6.07, 6.45) is 10.7. The zero-order valence-corrected chi connectivity index (χ0v) is 16.7. The molecule has 30 heavy (non-hydrogen) atoms. The van der Waals surface area contributed by atoms with E-state index in [2.05, 4.69) is 15.4 Å². The molecule has 8 heteroatoms. The van der Waals surface area contributed by atoms with Crippen LogP contribution < -0.4 is 10.0 Å². The molecule has 0 aliphatic heterocycles. The van der Waals surface area contributed by atoms with Crippen LogP contribution in [0.1, 0.15) is 72.6 Å². The number of carbonyl (C=O) groups is 1. The molecule has 3 unspecified atom stereocenters. The standard InChI is InChI=1S/C22H24FN5O2/c23-21-6-12-3-13(7-21)9-22(8-12,11-21)25-20(29)18-16-5-14-4-15(14)19(16)28(26-18)17-10-27(30)2-1-24-17/h1-2,10,12-15H,3-9,11H2,(H,25,29)/t12-,13?,14+,15+,21?,22?/m1/s1. The molecular weight excluding hydrogens is 385 g/mol. The number of rotatable bonds is 3. The van der Waals surface area contributed by atoms with E-state index in [-0.39, 0.29) is 5.91 Å². The van der Waals surface area contributed by atoms with Crippen molar-refractivity contribution in [2.45, 2.75) is 68.5 Å². The third-order valence-electron chi connectivity index (χ3n) is 8.23. The van der Waals surface area contributed by atoms with Crippen LogP contribution in [0.2, 0.25) is 0 Å². The van der Waals surface area contributed by atoms with E-state index in [1.807, 2.05) is 0 Å². The highest BCUT2D eigenvalue weighted by atomic mass is 19.1. The Morgan fingerprint density at radius 3 is 2.80 bits per heavy atom. The summed E-state index contributed by atoms with van der Waals surface area (Å²) in [4.78, 5) is 17.7. The molecule has 6 aliphatic carbocycles. The summed E-state index contributed by atoms with van der Waals surface area (Å²) in [5.74, 6) is 1.97. The number of hydrogen-bond acceptors (Lipinski definition) is 4. The van der Waals surface area contributed by atoms with E-state index in [1.165, 1.54) is 18.6 Å². The highest BCUT2D eigenvalue weighted by Crippen LogP contribution is 2.60. The number of alkyl halides is 1. The minimum Gasteiger partial charge on any atom is -0.619 e. The highest BCUT2D eigenvalue weighted by molar-refractivity contribution is 5.95. The summed E-state index contributed by atoms with van der Waals surface area (Å²) in [5.41, 5.74) is 0.893. The normalized spacial score (nSPS) is 39.6. The smallest absolute Gasteiger partial charge is 0.272 e. The predicted molar refractivity (Wildman–Crippen MR) is 104 cm³/mol.